The van der Waals surface area contributed by atoms with Gasteiger partial charge in [-0.15, -0.1) is 0 Å². The van der Waals surface area contributed by atoms with Crippen molar-refractivity contribution in [3.05, 3.63) is 0 Å². The molecular weight excluding hydrogens is 298 g/mol. The average Bonchev–Trinajstić information content (AvgIpc) is 2.42. The first kappa shape index (κ1) is 18.0. The molecule has 7 nitrogen and oxygen atoms in total. The fourth-order valence-corrected chi connectivity index (χ4v) is 3.54. The average molecular weight is 327 g/mol. The lowest BCUT2D eigenvalue weighted by Gasteiger charge is -2.43. The van der Waals surface area contributed by atoms with Gasteiger partial charge < -0.3 is 20.5 Å². The summed E-state index contributed by atoms with van der Waals surface area (Å²) in [6.45, 7) is 4.10. The van der Waals surface area contributed by atoms with Crippen LogP contribution in [0.5, 0.6) is 0 Å². The Balaban J connectivity index is 1.65. The number of carbonyl (C=O) groups is 2. The highest BCUT2D eigenvalue weighted by atomic mass is 16.5. The van der Waals surface area contributed by atoms with Crippen molar-refractivity contribution in [1.82, 2.24) is 15.5 Å². The molecule has 0 aliphatic heterocycles. The van der Waals surface area contributed by atoms with Crippen LogP contribution < -0.4 is 10.6 Å². The zero-order valence-corrected chi connectivity index (χ0v) is 14.1. The summed E-state index contributed by atoms with van der Waals surface area (Å²) >= 11 is 0. The molecule has 0 unspecified atom stereocenters. The van der Waals surface area contributed by atoms with E-state index in [1.165, 1.54) is 6.42 Å². The van der Waals surface area contributed by atoms with E-state index in [9.17, 15) is 9.59 Å². The molecule has 2 aliphatic rings. The van der Waals surface area contributed by atoms with E-state index in [-0.39, 0.29) is 30.1 Å². The van der Waals surface area contributed by atoms with Gasteiger partial charge >= 0.3 is 12.0 Å². The van der Waals surface area contributed by atoms with Crippen molar-refractivity contribution in [3.8, 4) is 0 Å². The summed E-state index contributed by atoms with van der Waals surface area (Å²) in [6, 6.07) is 0.271. The number of nitrogens with zero attached hydrogens (tertiary/aromatic N) is 1. The molecule has 2 saturated carbocycles. The fraction of sp³-hybridized carbons (Fsp3) is 0.875. The first-order valence-corrected chi connectivity index (χ1v) is 8.47. The Morgan fingerprint density at radius 1 is 1.35 bits per heavy atom. The van der Waals surface area contributed by atoms with Crippen molar-refractivity contribution in [3.63, 3.8) is 0 Å². The van der Waals surface area contributed by atoms with Crippen LogP contribution in [-0.4, -0.2) is 67.4 Å². The molecule has 0 radical (unpaired) electrons. The van der Waals surface area contributed by atoms with Gasteiger partial charge in [0.1, 0.15) is 0 Å². The zero-order chi connectivity index (χ0) is 16.9. The van der Waals surface area contributed by atoms with E-state index in [1.807, 2.05) is 11.8 Å². The van der Waals surface area contributed by atoms with Gasteiger partial charge in [0.25, 0.3) is 0 Å². The summed E-state index contributed by atoms with van der Waals surface area (Å²) in [5.74, 6) is -0.801. The molecule has 0 aromatic carbocycles. The highest BCUT2D eigenvalue weighted by molar-refractivity contribution is 5.74. The number of carbonyl (C=O) groups excluding carboxylic acids is 1. The topological polar surface area (TPSA) is 90.9 Å². The van der Waals surface area contributed by atoms with E-state index in [4.69, 9.17) is 9.84 Å². The third-order valence-electron chi connectivity index (χ3n) is 5.20. The number of methoxy groups -OCH3 is 1. The summed E-state index contributed by atoms with van der Waals surface area (Å²) in [5.41, 5.74) is 0.120. The molecule has 0 aromatic rings. The number of nitrogens with one attached hydrogen (secondary N) is 2. The second-order valence-corrected chi connectivity index (χ2v) is 6.89. The molecule has 0 heterocycles. The van der Waals surface area contributed by atoms with Crippen molar-refractivity contribution < 1.29 is 19.4 Å². The maximum Gasteiger partial charge on any atom is 0.317 e. The summed E-state index contributed by atoms with van der Waals surface area (Å²) in [5, 5.41) is 14.8. The van der Waals surface area contributed by atoms with Crippen LogP contribution in [0.2, 0.25) is 0 Å². The molecule has 0 saturated heterocycles. The summed E-state index contributed by atoms with van der Waals surface area (Å²) < 4.78 is 5.25. The minimum absolute atomic E-state index is 0.0691. The molecular formula is C16H29N3O4. The molecule has 2 amide bonds. The Kier molecular flexibility index (Phi) is 6.24. The Morgan fingerprint density at radius 3 is 2.52 bits per heavy atom. The predicted molar refractivity (Wildman–Crippen MR) is 86.4 cm³/mol. The first-order chi connectivity index (χ1) is 11.0. The third-order valence-corrected chi connectivity index (χ3v) is 5.20. The van der Waals surface area contributed by atoms with Crippen molar-refractivity contribution in [2.45, 2.75) is 51.1 Å². The van der Waals surface area contributed by atoms with Gasteiger partial charge in [0.15, 0.2) is 0 Å². The lowest BCUT2D eigenvalue weighted by molar-refractivity contribution is -0.139. The number of ether oxygens (including phenoxy) is 1. The van der Waals surface area contributed by atoms with Gasteiger partial charge in [0.2, 0.25) is 0 Å². The largest absolute Gasteiger partial charge is 0.480 e. The van der Waals surface area contributed by atoms with Crippen LogP contribution in [0.25, 0.3) is 0 Å². The number of aliphatic carboxylic acids is 1. The quantitative estimate of drug-likeness (QED) is 0.589. The first-order valence-electron chi connectivity index (χ1n) is 8.47. The molecule has 7 heteroatoms. The van der Waals surface area contributed by atoms with Gasteiger partial charge in [-0.3, -0.25) is 9.69 Å². The Hall–Kier alpha value is -1.34. The Bertz CT molecular complexity index is 420. The number of amides is 2. The van der Waals surface area contributed by atoms with Crippen LogP contribution in [0.3, 0.4) is 0 Å². The molecule has 132 valence electrons. The molecule has 23 heavy (non-hydrogen) atoms. The number of urea groups is 1. The highest BCUT2D eigenvalue weighted by Crippen LogP contribution is 2.40. The lowest BCUT2D eigenvalue weighted by atomic mass is 9.69. The number of carboxylic acids is 1. The van der Waals surface area contributed by atoms with Crippen LogP contribution in [0.4, 0.5) is 4.79 Å². The van der Waals surface area contributed by atoms with E-state index in [0.717, 1.165) is 32.2 Å². The van der Waals surface area contributed by atoms with E-state index in [1.54, 1.807) is 7.11 Å². The van der Waals surface area contributed by atoms with E-state index in [2.05, 4.69) is 10.6 Å². The standard InChI is InChI=1S/C16H29N3O4/c1-3-19(9-14(20)21)13-7-12(8-13)18-15(22)17-10-16(11-23-2)5-4-6-16/h12-13H,3-11H2,1-2H3,(H,20,21)(H2,17,18,22). The summed E-state index contributed by atoms with van der Waals surface area (Å²) in [4.78, 5) is 24.7. The fourth-order valence-electron chi connectivity index (χ4n) is 3.54. The van der Waals surface area contributed by atoms with Crippen LogP contribution in [0.1, 0.15) is 39.0 Å². The van der Waals surface area contributed by atoms with Crippen LogP contribution in [-0.2, 0) is 9.53 Å². The predicted octanol–water partition coefficient (Wildman–Crippen LogP) is 1.04. The van der Waals surface area contributed by atoms with Crippen LogP contribution in [0, 0.1) is 5.41 Å². The highest BCUT2D eigenvalue weighted by Gasteiger charge is 2.38. The van der Waals surface area contributed by atoms with Crippen molar-refractivity contribution in [1.29, 1.82) is 0 Å². The molecule has 2 rings (SSSR count). The number of rotatable bonds is 9. The van der Waals surface area contributed by atoms with Crippen LogP contribution in [0.15, 0.2) is 0 Å². The Morgan fingerprint density at radius 2 is 2.04 bits per heavy atom. The van der Waals surface area contributed by atoms with Gasteiger partial charge in [-0.1, -0.05) is 13.3 Å². The summed E-state index contributed by atoms with van der Waals surface area (Å²) in [7, 11) is 1.70. The van der Waals surface area contributed by atoms with Gasteiger partial charge in [0, 0.05) is 31.2 Å². The van der Waals surface area contributed by atoms with Gasteiger partial charge in [0.05, 0.1) is 13.2 Å². The van der Waals surface area contributed by atoms with Crippen LogP contribution >= 0.6 is 0 Å². The van der Waals surface area contributed by atoms with E-state index < -0.39 is 5.97 Å². The Labute approximate surface area is 137 Å². The molecule has 0 aromatic heterocycles. The van der Waals surface area contributed by atoms with Crippen molar-refractivity contribution in [2.24, 2.45) is 5.41 Å². The lowest BCUT2D eigenvalue weighted by Crippen LogP contribution is -2.57. The molecule has 0 atom stereocenters. The van der Waals surface area contributed by atoms with E-state index in [0.29, 0.717) is 13.2 Å². The minimum Gasteiger partial charge on any atom is -0.480 e. The third kappa shape index (κ3) is 4.81. The number of carboxylic acid groups (broad SMARTS) is 1. The molecule has 2 aliphatic carbocycles. The van der Waals surface area contributed by atoms with Gasteiger partial charge in [-0.2, -0.15) is 0 Å². The SMILES string of the molecule is CCN(CC(=O)O)C1CC(NC(=O)NCC2(COC)CCC2)C1. The second-order valence-electron chi connectivity index (χ2n) is 6.89. The molecule has 0 bridgehead atoms. The normalized spacial score (nSPS) is 25.3. The molecule has 0 spiro atoms. The zero-order valence-electron chi connectivity index (χ0n) is 14.1. The minimum atomic E-state index is -0.801. The molecule has 3 N–H and O–H groups in total. The summed E-state index contributed by atoms with van der Waals surface area (Å²) in [6.07, 6.45) is 5.05. The number of likely N-dealkylation sites (N-methyl/N-ethyl adjacent to an activating group) is 1. The maximum atomic E-state index is 12.0. The molecule has 2 fully saturated rings. The number of hydrogen-bond donors (Lipinski definition) is 3. The smallest absolute Gasteiger partial charge is 0.317 e. The maximum absolute atomic E-state index is 12.0. The van der Waals surface area contributed by atoms with Crippen molar-refractivity contribution in [2.75, 3.05) is 33.4 Å². The second kappa shape index (κ2) is 7.97. The number of hydrogen-bond acceptors (Lipinski definition) is 4. The van der Waals surface area contributed by atoms with Crippen molar-refractivity contribution >= 4 is 12.0 Å². The van der Waals surface area contributed by atoms with Gasteiger partial charge in [-0.25, -0.2) is 4.79 Å². The van der Waals surface area contributed by atoms with E-state index >= 15 is 0 Å². The monoisotopic (exact) mass is 327 g/mol. The van der Waals surface area contributed by atoms with Gasteiger partial charge in [-0.05, 0) is 32.2 Å².